The highest BCUT2D eigenvalue weighted by atomic mass is 16.5. The van der Waals surface area contributed by atoms with Crippen molar-refractivity contribution in [3.8, 4) is 11.4 Å². The van der Waals surface area contributed by atoms with Crippen LogP contribution in [0.15, 0.2) is 42.6 Å². The number of rotatable bonds is 3. The molecule has 5 nitrogen and oxygen atoms in total. The van der Waals surface area contributed by atoms with Gasteiger partial charge in [0.05, 0.1) is 18.8 Å². The number of hydrogen-bond donors (Lipinski definition) is 1. The summed E-state index contributed by atoms with van der Waals surface area (Å²) in [5.74, 6) is 1.84. The summed E-state index contributed by atoms with van der Waals surface area (Å²) in [6.07, 6.45) is 5.36. The molecule has 1 saturated heterocycles. The quantitative estimate of drug-likeness (QED) is 0.807. The van der Waals surface area contributed by atoms with Crippen LogP contribution in [0.4, 0.5) is 0 Å². The number of nitrogens with zero attached hydrogens (tertiary/aromatic N) is 3. The first-order chi connectivity index (χ1) is 11.4. The molecule has 1 unspecified atom stereocenters. The third-order valence-electron chi connectivity index (χ3n) is 4.39. The Kier molecular flexibility index (Phi) is 3.71. The number of nitrogens with one attached hydrogen (secondary N) is 1. The van der Waals surface area contributed by atoms with Gasteiger partial charge in [0.15, 0.2) is 5.65 Å². The second-order valence-corrected chi connectivity index (χ2v) is 5.83. The van der Waals surface area contributed by atoms with Gasteiger partial charge < -0.3 is 10.1 Å². The molecule has 0 saturated carbocycles. The first-order valence-electron chi connectivity index (χ1n) is 8.08. The molecule has 0 aliphatic carbocycles. The van der Waals surface area contributed by atoms with Crippen molar-refractivity contribution in [3.63, 3.8) is 0 Å². The van der Waals surface area contributed by atoms with E-state index >= 15 is 0 Å². The number of aromatic nitrogens is 3. The Bertz CT molecular complexity index is 821. The molecule has 0 amide bonds. The number of piperidine rings is 1. The van der Waals surface area contributed by atoms with Gasteiger partial charge in [0.1, 0.15) is 17.1 Å². The molecule has 0 bridgehead atoms. The zero-order valence-corrected chi connectivity index (χ0v) is 13.2. The number of ether oxygens (including phenoxy) is 1. The molecule has 1 fully saturated rings. The van der Waals surface area contributed by atoms with Crippen LogP contribution in [0.3, 0.4) is 0 Å². The highest BCUT2D eigenvalue weighted by Crippen LogP contribution is 2.32. The summed E-state index contributed by atoms with van der Waals surface area (Å²) < 4.78 is 7.70. The van der Waals surface area contributed by atoms with Crippen molar-refractivity contribution >= 4 is 11.2 Å². The molecular weight excluding hydrogens is 288 g/mol. The number of benzene rings is 1. The van der Waals surface area contributed by atoms with Gasteiger partial charge in [-0.1, -0.05) is 18.6 Å². The lowest BCUT2D eigenvalue weighted by atomic mass is 10.0. The summed E-state index contributed by atoms with van der Waals surface area (Å²) >= 11 is 0. The first kappa shape index (κ1) is 14.2. The van der Waals surface area contributed by atoms with Crippen LogP contribution < -0.4 is 10.1 Å². The van der Waals surface area contributed by atoms with Crippen molar-refractivity contribution in [1.82, 2.24) is 19.9 Å². The van der Waals surface area contributed by atoms with Gasteiger partial charge >= 0.3 is 0 Å². The van der Waals surface area contributed by atoms with Crippen LogP contribution in [0, 0.1) is 0 Å². The van der Waals surface area contributed by atoms with Crippen LogP contribution in [0.2, 0.25) is 0 Å². The second-order valence-electron chi connectivity index (χ2n) is 5.83. The normalized spacial score (nSPS) is 18.2. The minimum atomic E-state index is 0.253. The summed E-state index contributed by atoms with van der Waals surface area (Å²) in [4.78, 5) is 9.44. The Labute approximate surface area is 135 Å². The molecule has 118 valence electrons. The van der Waals surface area contributed by atoms with Crippen LogP contribution >= 0.6 is 0 Å². The van der Waals surface area contributed by atoms with Gasteiger partial charge in [-0.05, 0) is 43.7 Å². The Hall–Kier alpha value is -2.40. The third kappa shape index (κ3) is 2.47. The largest absolute Gasteiger partial charge is 0.495 e. The lowest BCUT2D eigenvalue weighted by Crippen LogP contribution is -2.29. The van der Waals surface area contributed by atoms with Crippen LogP contribution in [0.25, 0.3) is 16.9 Å². The highest BCUT2D eigenvalue weighted by Gasteiger charge is 2.24. The van der Waals surface area contributed by atoms with E-state index in [0.717, 1.165) is 41.4 Å². The van der Waals surface area contributed by atoms with Gasteiger partial charge in [0.25, 0.3) is 0 Å². The third-order valence-corrected chi connectivity index (χ3v) is 4.39. The summed E-state index contributed by atoms with van der Waals surface area (Å²) in [6.45, 7) is 1.03. The van der Waals surface area contributed by atoms with Crippen molar-refractivity contribution in [2.24, 2.45) is 0 Å². The van der Waals surface area contributed by atoms with Crippen LogP contribution in [-0.4, -0.2) is 28.2 Å². The van der Waals surface area contributed by atoms with E-state index in [2.05, 4.69) is 20.9 Å². The number of methoxy groups -OCH3 is 1. The lowest BCUT2D eigenvalue weighted by Gasteiger charge is -2.24. The molecule has 1 aromatic carbocycles. The van der Waals surface area contributed by atoms with Crippen molar-refractivity contribution in [3.05, 3.63) is 48.4 Å². The molecule has 1 N–H and O–H groups in total. The molecule has 3 heterocycles. The first-order valence-corrected chi connectivity index (χ1v) is 8.08. The molecule has 1 atom stereocenters. The topological polar surface area (TPSA) is 52.0 Å². The van der Waals surface area contributed by atoms with Gasteiger partial charge in [0.2, 0.25) is 0 Å². The van der Waals surface area contributed by atoms with Crippen LogP contribution in [0.1, 0.15) is 31.1 Å². The molecule has 4 rings (SSSR count). The number of fused-ring (bicyclic) bond motifs is 1. The Morgan fingerprint density at radius 3 is 2.91 bits per heavy atom. The standard InChI is InChI=1S/C18H20N4O/c1-23-16-10-3-2-9-15(16)22-17-14(8-6-12-20-17)21-18(22)13-7-4-5-11-19-13/h2-3,6,8-10,12-13,19H,4-5,7,11H2,1H3. The van der Waals surface area contributed by atoms with Gasteiger partial charge in [-0.2, -0.15) is 0 Å². The van der Waals surface area contributed by atoms with Gasteiger partial charge in [-0.25, -0.2) is 9.97 Å². The zero-order chi connectivity index (χ0) is 15.6. The average molecular weight is 308 g/mol. The molecule has 1 aliphatic rings. The fraction of sp³-hybridized carbons (Fsp3) is 0.333. The SMILES string of the molecule is COc1ccccc1-n1c(C2CCCCN2)nc2cccnc21. The molecule has 2 aromatic heterocycles. The maximum absolute atomic E-state index is 5.56. The number of imidazole rings is 1. The molecular formula is C18H20N4O. The molecule has 3 aromatic rings. The van der Waals surface area contributed by atoms with Gasteiger partial charge in [-0.3, -0.25) is 4.57 Å². The molecule has 0 radical (unpaired) electrons. The zero-order valence-electron chi connectivity index (χ0n) is 13.2. The fourth-order valence-electron chi connectivity index (χ4n) is 3.29. The number of para-hydroxylation sites is 2. The van der Waals surface area contributed by atoms with Crippen LogP contribution in [0.5, 0.6) is 5.75 Å². The van der Waals surface area contributed by atoms with Gasteiger partial charge in [0, 0.05) is 6.20 Å². The van der Waals surface area contributed by atoms with E-state index in [0.29, 0.717) is 0 Å². The van der Waals surface area contributed by atoms with Crippen LogP contribution in [-0.2, 0) is 0 Å². The van der Waals surface area contributed by atoms with E-state index < -0.39 is 0 Å². The van der Waals surface area contributed by atoms with E-state index in [-0.39, 0.29) is 6.04 Å². The smallest absolute Gasteiger partial charge is 0.164 e. The maximum atomic E-state index is 5.56. The minimum Gasteiger partial charge on any atom is -0.495 e. The molecule has 5 heteroatoms. The highest BCUT2D eigenvalue weighted by molar-refractivity contribution is 5.75. The van der Waals surface area contributed by atoms with Crippen molar-refractivity contribution in [2.45, 2.75) is 25.3 Å². The monoisotopic (exact) mass is 308 g/mol. The Balaban J connectivity index is 1.95. The van der Waals surface area contributed by atoms with Gasteiger partial charge in [-0.15, -0.1) is 0 Å². The summed E-state index contributed by atoms with van der Waals surface area (Å²) in [6, 6.07) is 12.2. The minimum absolute atomic E-state index is 0.253. The summed E-state index contributed by atoms with van der Waals surface area (Å²) in [5, 5.41) is 3.59. The number of pyridine rings is 1. The predicted octanol–water partition coefficient (Wildman–Crippen LogP) is 3.24. The fourth-order valence-corrected chi connectivity index (χ4v) is 3.29. The lowest BCUT2D eigenvalue weighted by molar-refractivity contribution is 0.391. The van der Waals surface area contributed by atoms with E-state index in [1.165, 1.54) is 12.8 Å². The second kappa shape index (κ2) is 6.01. The molecule has 1 aliphatic heterocycles. The summed E-state index contributed by atoms with van der Waals surface area (Å²) in [7, 11) is 1.70. The Morgan fingerprint density at radius 1 is 1.17 bits per heavy atom. The maximum Gasteiger partial charge on any atom is 0.164 e. The summed E-state index contributed by atoms with van der Waals surface area (Å²) in [5.41, 5.74) is 2.78. The Morgan fingerprint density at radius 2 is 2.09 bits per heavy atom. The van der Waals surface area contributed by atoms with Crippen molar-refractivity contribution in [1.29, 1.82) is 0 Å². The van der Waals surface area contributed by atoms with E-state index in [4.69, 9.17) is 9.72 Å². The number of hydrogen-bond acceptors (Lipinski definition) is 4. The molecule has 23 heavy (non-hydrogen) atoms. The van der Waals surface area contributed by atoms with E-state index in [1.807, 2.05) is 36.5 Å². The molecule has 0 spiro atoms. The van der Waals surface area contributed by atoms with E-state index in [1.54, 1.807) is 7.11 Å². The average Bonchev–Trinajstić information content (AvgIpc) is 3.02. The van der Waals surface area contributed by atoms with Crippen molar-refractivity contribution < 1.29 is 4.74 Å². The predicted molar refractivity (Wildman–Crippen MR) is 90.0 cm³/mol. The van der Waals surface area contributed by atoms with Crippen molar-refractivity contribution in [2.75, 3.05) is 13.7 Å². The van der Waals surface area contributed by atoms with E-state index in [9.17, 15) is 0 Å².